The molecule has 3 heterocycles. The summed E-state index contributed by atoms with van der Waals surface area (Å²) in [6.07, 6.45) is 3.25. The summed E-state index contributed by atoms with van der Waals surface area (Å²) in [4.78, 5) is 37.5. The first-order valence-corrected chi connectivity index (χ1v) is 9.65. The highest BCUT2D eigenvalue weighted by Crippen LogP contribution is 2.42. The fourth-order valence-electron chi connectivity index (χ4n) is 3.13. The zero-order chi connectivity index (χ0) is 20.5. The molecule has 29 heavy (non-hydrogen) atoms. The summed E-state index contributed by atoms with van der Waals surface area (Å²) < 4.78 is 6.51. The molecule has 7 nitrogen and oxygen atoms in total. The van der Waals surface area contributed by atoms with Gasteiger partial charge in [-0.15, -0.1) is 11.3 Å². The molecule has 4 rings (SSSR count). The van der Waals surface area contributed by atoms with Crippen molar-refractivity contribution in [2.45, 2.75) is 0 Å². The van der Waals surface area contributed by atoms with Crippen molar-refractivity contribution >= 4 is 50.3 Å². The van der Waals surface area contributed by atoms with Gasteiger partial charge >= 0.3 is 5.97 Å². The van der Waals surface area contributed by atoms with Gasteiger partial charge in [0, 0.05) is 31.1 Å². The molecular weight excluding hydrogens is 388 g/mol. The van der Waals surface area contributed by atoms with Crippen LogP contribution in [0.5, 0.6) is 0 Å². The molecule has 0 N–H and O–H groups in total. The number of nitrogens with zero attached hydrogens (tertiary/aromatic N) is 4. The summed E-state index contributed by atoms with van der Waals surface area (Å²) in [5.74, 6) is -0.0183. The molecule has 4 aromatic rings. The number of esters is 1. The van der Waals surface area contributed by atoms with Gasteiger partial charge in [-0.05, 0) is 23.6 Å². The Morgan fingerprint density at radius 2 is 1.90 bits per heavy atom. The number of ether oxygens (including phenoxy) is 1. The van der Waals surface area contributed by atoms with Gasteiger partial charge in [-0.2, -0.15) is 0 Å². The van der Waals surface area contributed by atoms with E-state index in [1.54, 1.807) is 35.6 Å². The summed E-state index contributed by atoms with van der Waals surface area (Å²) >= 11 is 1.17. The maximum atomic E-state index is 13.3. The van der Waals surface area contributed by atoms with Crippen LogP contribution in [-0.2, 0) is 4.74 Å². The van der Waals surface area contributed by atoms with Crippen LogP contribution in [0.2, 0.25) is 0 Å². The first kappa shape index (κ1) is 18.8. The van der Waals surface area contributed by atoms with Crippen LogP contribution < -0.4 is 5.56 Å². The third-order valence-electron chi connectivity index (χ3n) is 4.36. The van der Waals surface area contributed by atoms with E-state index in [9.17, 15) is 9.59 Å². The third-order valence-corrected chi connectivity index (χ3v) is 5.51. The van der Waals surface area contributed by atoms with Gasteiger partial charge in [-0.25, -0.2) is 14.8 Å². The molecule has 0 atom stereocenters. The molecule has 0 saturated carbocycles. The molecule has 3 aromatic heterocycles. The SMILES string of the molecule is COC(=O)c1sc2c(c1N=CN(C)C)c1ccccc1c(=O)n2-c1ccccn1. The number of thiophene rings is 1. The molecule has 1 aromatic carbocycles. The van der Waals surface area contributed by atoms with Gasteiger partial charge in [0.1, 0.15) is 21.2 Å². The van der Waals surface area contributed by atoms with E-state index < -0.39 is 5.97 Å². The molecular formula is C21H18N4O3S. The van der Waals surface area contributed by atoms with E-state index in [0.717, 1.165) is 5.39 Å². The highest BCUT2D eigenvalue weighted by Gasteiger charge is 2.24. The van der Waals surface area contributed by atoms with Gasteiger partial charge in [-0.3, -0.25) is 9.36 Å². The lowest BCUT2D eigenvalue weighted by Crippen LogP contribution is -2.19. The first-order valence-electron chi connectivity index (χ1n) is 8.83. The van der Waals surface area contributed by atoms with Gasteiger partial charge in [-0.1, -0.05) is 24.3 Å². The van der Waals surface area contributed by atoms with E-state index in [1.165, 1.54) is 23.0 Å². The zero-order valence-electron chi connectivity index (χ0n) is 16.1. The maximum Gasteiger partial charge on any atom is 0.350 e. The second-order valence-electron chi connectivity index (χ2n) is 6.53. The second kappa shape index (κ2) is 7.48. The van der Waals surface area contributed by atoms with Gasteiger partial charge in [0.2, 0.25) is 0 Å². The topological polar surface area (TPSA) is 76.8 Å². The molecule has 0 radical (unpaired) electrons. The van der Waals surface area contributed by atoms with Gasteiger partial charge < -0.3 is 9.64 Å². The number of aromatic nitrogens is 2. The fraction of sp³-hybridized carbons (Fsp3) is 0.143. The van der Waals surface area contributed by atoms with Gasteiger partial charge in [0.05, 0.1) is 13.4 Å². The Morgan fingerprint density at radius 3 is 2.55 bits per heavy atom. The van der Waals surface area contributed by atoms with E-state index in [0.29, 0.717) is 32.0 Å². The average molecular weight is 406 g/mol. The minimum atomic E-state index is -0.499. The minimum Gasteiger partial charge on any atom is -0.465 e. The Morgan fingerprint density at radius 1 is 1.17 bits per heavy atom. The third kappa shape index (κ3) is 3.17. The van der Waals surface area contributed by atoms with Gasteiger partial charge in [0.25, 0.3) is 5.56 Å². The summed E-state index contributed by atoms with van der Waals surface area (Å²) in [6.45, 7) is 0. The first-order chi connectivity index (χ1) is 14.0. The van der Waals surface area contributed by atoms with Crippen LogP contribution >= 0.6 is 11.3 Å². The van der Waals surface area contributed by atoms with Crippen LogP contribution in [-0.4, -0.2) is 48.0 Å². The number of aliphatic imine (C=N–C) groups is 1. The summed E-state index contributed by atoms with van der Waals surface area (Å²) in [5, 5.41) is 1.98. The van der Waals surface area contributed by atoms with Gasteiger partial charge in [0.15, 0.2) is 0 Å². The number of fused-ring (bicyclic) bond motifs is 3. The van der Waals surface area contributed by atoms with Crippen molar-refractivity contribution in [2.75, 3.05) is 21.2 Å². The van der Waals surface area contributed by atoms with Crippen LogP contribution in [0.4, 0.5) is 5.69 Å². The monoisotopic (exact) mass is 406 g/mol. The van der Waals surface area contributed by atoms with Crippen LogP contribution in [0.3, 0.4) is 0 Å². The van der Waals surface area contributed by atoms with Crippen LogP contribution in [0.25, 0.3) is 26.8 Å². The molecule has 0 aliphatic rings. The number of pyridine rings is 2. The Kier molecular flexibility index (Phi) is 4.85. The number of methoxy groups -OCH3 is 1. The Labute approximate surface area is 170 Å². The molecule has 0 aliphatic carbocycles. The van der Waals surface area contributed by atoms with Crippen molar-refractivity contribution in [2.24, 2.45) is 4.99 Å². The minimum absolute atomic E-state index is 0.201. The second-order valence-corrected chi connectivity index (χ2v) is 7.53. The Hall–Kier alpha value is -3.52. The van der Waals surface area contributed by atoms with E-state index >= 15 is 0 Å². The van der Waals surface area contributed by atoms with Crippen LogP contribution in [0, 0.1) is 0 Å². The Balaban J connectivity index is 2.24. The van der Waals surface area contributed by atoms with Crippen molar-refractivity contribution in [3.63, 3.8) is 0 Å². The molecule has 0 unspecified atom stereocenters. The molecule has 0 saturated heterocycles. The van der Waals surface area contributed by atoms with Crippen LogP contribution in [0.1, 0.15) is 9.67 Å². The molecule has 0 fully saturated rings. The van der Waals surface area contributed by atoms with Crippen LogP contribution in [0.15, 0.2) is 58.4 Å². The molecule has 146 valence electrons. The van der Waals surface area contributed by atoms with Crippen molar-refractivity contribution in [1.29, 1.82) is 0 Å². The fourth-order valence-corrected chi connectivity index (χ4v) is 4.32. The maximum absolute atomic E-state index is 13.3. The zero-order valence-corrected chi connectivity index (χ0v) is 16.9. The van der Waals surface area contributed by atoms with Crippen molar-refractivity contribution < 1.29 is 9.53 Å². The quantitative estimate of drug-likeness (QED) is 0.294. The number of carbonyl (C=O) groups is 1. The number of rotatable bonds is 4. The van der Waals surface area contributed by atoms with E-state index in [-0.39, 0.29) is 5.56 Å². The molecule has 0 bridgehead atoms. The largest absolute Gasteiger partial charge is 0.465 e. The molecule has 8 heteroatoms. The number of benzene rings is 1. The average Bonchev–Trinajstić information content (AvgIpc) is 3.12. The number of hydrogen-bond donors (Lipinski definition) is 0. The number of carbonyl (C=O) groups excluding carboxylic acids is 1. The van der Waals surface area contributed by atoms with Crippen molar-refractivity contribution in [1.82, 2.24) is 14.5 Å². The Bertz CT molecular complexity index is 1310. The summed E-state index contributed by atoms with van der Waals surface area (Å²) in [6, 6.07) is 12.7. The normalized spacial score (nSPS) is 11.4. The lowest BCUT2D eigenvalue weighted by molar-refractivity contribution is 0.0607. The smallest absolute Gasteiger partial charge is 0.350 e. The predicted molar refractivity (Wildman–Crippen MR) is 116 cm³/mol. The van der Waals surface area contributed by atoms with E-state index in [4.69, 9.17) is 4.74 Å². The summed E-state index contributed by atoms with van der Waals surface area (Å²) in [7, 11) is 5.02. The standard InChI is InChI=1S/C21H18N4O3S/c1-24(2)12-23-17-16-13-8-4-5-9-14(13)19(26)25(15-10-6-7-11-22-15)20(16)29-18(17)21(27)28-3/h4-12H,1-3H3. The molecule has 0 spiro atoms. The molecule has 0 aliphatic heterocycles. The molecule has 0 amide bonds. The lowest BCUT2D eigenvalue weighted by Gasteiger charge is -2.10. The highest BCUT2D eigenvalue weighted by molar-refractivity contribution is 7.21. The summed E-state index contributed by atoms with van der Waals surface area (Å²) in [5.41, 5.74) is 0.277. The van der Waals surface area contributed by atoms with Crippen molar-refractivity contribution in [3.8, 4) is 5.82 Å². The van der Waals surface area contributed by atoms with E-state index in [2.05, 4.69) is 9.98 Å². The van der Waals surface area contributed by atoms with E-state index in [1.807, 2.05) is 38.4 Å². The lowest BCUT2D eigenvalue weighted by atomic mass is 10.1. The highest BCUT2D eigenvalue weighted by atomic mass is 32.1. The number of hydrogen-bond acceptors (Lipinski definition) is 6. The predicted octanol–water partition coefficient (Wildman–Crippen LogP) is 3.61. The van der Waals surface area contributed by atoms with Crippen molar-refractivity contribution in [3.05, 3.63) is 63.9 Å².